The topological polar surface area (TPSA) is 95.5 Å². The fourth-order valence-electron chi connectivity index (χ4n) is 2.73. The molecule has 1 saturated carbocycles. The third-order valence-electron chi connectivity index (χ3n) is 3.78. The second-order valence-corrected chi connectivity index (χ2v) is 5.03. The van der Waals surface area contributed by atoms with Crippen molar-refractivity contribution in [2.45, 2.75) is 38.1 Å². The Kier molecular flexibility index (Phi) is 3.84. The lowest BCUT2D eigenvalue weighted by molar-refractivity contribution is -0.146. The van der Waals surface area contributed by atoms with Gasteiger partial charge in [-0.05, 0) is 19.3 Å². The summed E-state index contributed by atoms with van der Waals surface area (Å²) in [4.78, 5) is 34.0. The van der Waals surface area contributed by atoms with Crippen LogP contribution < -0.4 is 10.6 Å². The van der Waals surface area contributed by atoms with Crippen LogP contribution in [-0.4, -0.2) is 35.5 Å². The predicted molar refractivity (Wildman–Crippen MR) is 62.6 cm³/mol. The average molecular weight is 254 g/mol. The number of nitrogens with one attached hydrogen (secondary N) is 2. The van der Waals surface area contributed by atoms with E-state index in [2.05, 4.69) is 10.6 Å². The molecule has 3 N–H and O–H groups in total. The normalized spacial score (nSPS) is 31.8. The van der Waals surface area contributed by atoms with Crippen LogP contribution >= 0.6 is 0 Å². The van der Waals surface area contributed by atoms with Gasteiger partial charge in [0.15, 0.2) is 0 Å². The summed E-state index contributed by atoms with van der Waals surface area (Å²) in [6, 6.07) is -0.0646. The van der Waals surface area contributed by atoms with E-state index < -0.39 is 17.8 Å². The molecule has 6 heteroatoms. The number of carbonyl (C=O) groups excluding carboxylic acids is 2. The molecule has 0 radical (unpaired) electrons. The van der Waals surface area contributed by atoms with Gasteiger partial charge in [0.1, 0.15) is 0 Å². The fourth-order valence-corrected chi connectivity index (χ4v) is 2.73. The summed E-state index contributed by atoms with van der Waals surface area (Å²) in [6.45, 7) is 0.440. The lowest BCUT2D eigenvalue weighted by Gasteiger charge is -2.25. The van der Waals surface area contributed by atoms with E-state index in [0.717, 1.165) is 6.42 Å². The maximum Gasteiger partial charge on any atom is 0.307 e. The highest BCUT2D eigenvalue weighted by atomic mass is 16.4. The Bertz CT molecular complexity index is 359. The van der Waals surface area contributed by atoms with Crippen molar-refractivity contribution < 1.29 is 19.5 Å². The molecule has 0 spiro atoms. The summed E-state index contributed by atoms with van der Waals surface area (Å²) in [7, 11) is 0. The van der Waals surface area contributed by atoms with Crippen LogP contribution in [-0.2, 0) is 14.4 Å². The van der Waals surface area contributed by atoms with Crippen LogP contribution in [0.25, 0.3) is 0 Å². The molecule has 1 saturated heterocycles. The van der Waals surface area contributed by atoms with Gasteiger partial charge in [-0.2, -0.15) is 0 Å². The van der Waals surface area contributed by atoms with E-state index in [1.54, 1.807) is 0 Å². The third kappa shape index (κ3) is 2.80. The number of hydrogen-bond donors (Lipinski definition) is 3. The molecule has 1 heterocycles. The van der Waals surface area contributed by atoms with Crippen LogP contribution in [0.3, 0.4) is 0 Å². The molecule has 0 aromatic carbocycles. The Balaban J connectivity index is 1.87. The summed E-state index contributed by atoms with van der Waals surface area (Å²) < 4.78 is 0. The molecule has 0 aromatic rings. The molecule has 6 nitrogen and oxygen atoms in total. The van der Waals surface area contributed by atoms with Gasteiger partial charge in [-0.25, -0.2) is 0 Å². The van der Waals surface area contributed by atoms with Gasteiger partial charge in [-0.3, -0.25) is 14.4 Å². The Morgan fingerprint density at radius 1 is 1.22 bits per heavy atom. The standard InChI is InChI=1S/C12H18N2O4/c15-10-5-4-7(6-13-10)14-11(16)8-2-1-3-9(8)12(17)18/h7-9H,1-6H2,(H,13,15)(H,14,16)(H,17,18)/t7?,8-,9+/m1/s1. The van der Waals surface area contributed by atoms with Gasteiger partial charge in [-0.1, -0.05) is 6.42 Å². The van der Waals surface area contributed by atoms with Crippen molar-refractivity contribution in [1.29, 1.82) is 0 Å². The molecule has 100 valence electrons. The SMILES string of the molecule is O=C1CCC(NC(=O)[C@@H]2CCC[C@@H]2C(=O)O)CN1. The second kappa shape index (κ2) is 5.37. The second-order valence-electron chi connectivity index (χ2n) is 5.03. The fraction of sp³-hybridized carbons (Fsp3) is 0.750. The summed E-state index contributed by atoms with van der Waals surface area (Å²) in [5.74, 6) is -2.03. The maximum absolute atomic E-state index is 12.0. The van der Waals surface area contributed by atoms with E-state index in [1.807, 2.05) is 0 Å². The summed E-state index contributed by atoms with van der Waals surface area (Å²) in [6.07, 6.45) is 3.05. The van der Waals surface area contributed by atoms with Crippen LogP contribution in [0.15, 0.2) is 0 Å². The molecular formula is C12H18N2O4. The van der Waals surface area contributed by atoms with Crippen LogP contribution in [0.1, 0.15) is 32.1 Å². The van der Waals surface area contributed by atoms with E-state index >= 15 is 0 Å². The molecule has 0 bridgehead atoms. The zero-order valence-corrected chi connectivity index (χ0v) is 10.1. The highest BCUT2D eigenvalue weighted by Gasteiger charge is 2.38. The van der Waals surface area contributed by atoms with Gasteiger partial charge < -0.3 is 15.7 Å². The van der Waals surface area contributed by atoms with E-state index in [9.17, 15) is 14.4 Å². The van der Waals surface area contributed by atoms with Crippen LogP contribution in [0, 0.1) is 11.8 Å². The lowest BCUT2D eigenvalue weighted by atomic mass is 9.94. The quantitative estimate of drug-likeness (QED) is 0.654. The van der Waals surface area contributed by atoms with Crippen molar-refractivity contribution in [2.75, 3.05) is 6.54 Å². The molecular weight excluding hydrogens is 236 g/mol. The minimum Gasteiger partial charge on any atom is -0.481 e. The molecule has 18 heavy (non-hydrogen) atoms. The molecule has 2 fully saturated rings. The molecule has 2 amide bonds. The highest BCUT2D eigenvalue weighted by molar-refractivity contribution is 5.85. The lowest BCUT2D eigenvalue weighted by Crippen LogP contribution is -2.50. The molecule has 3 atom stereocenters. The van der Waals surface area contributed by atoms with Crippen LogP contribution in [0.2, 0.25) is 0 Å². The van der Waals surface area contributed by atoms with Gasteiger partial charge in [0.2, 0.25) is 11.8 Å². The largest absolute Gasteiger partial charge is 0.481 e. The van der Waals surface area contributed by atoms with Gasteiger partial charge in [0.05, 0.1) is 11.8 Å². The first-order chi connectivity index (χ1) is 8.58. The summed E-state index contributed by atoms with van der Waals surface area (Å²) in [5.41, 5.74) is 0. The first-order valence-electron chi connectivity index (χ1n) is 6.38. The number of carboxylic acids is 1. The number of hydrogen-bond acceptors (Lipinski definition) is 3. The highest BCUT2D eigenvalue weighted by Crippen LogP contribution is 2.32. The summed E-state index contributed by atoms with van der Waals surface area (Å²) in [5, 5.41) is 14.6. The number of carboxylic acid groups (broad SMARTS) is 1. The van der Waals surface area contributed by atoms with Crippen LogP contribution in [0.4, 0.5) is 0 Å². The number of piperidine rings is 1. The molecule has 2 aliphatic rings. The molecule has 0 aromatic heterocycles. The van der Waals surface area contributed by atoms with Crippen molar-refractivity contribution in [2.24, 2.45) is 11.8 Å². The van der Waals surface area contributed by atoms with E-state index in [1.165, 1.54) is 0 Å². The zero-order chi connectivity index (χ0) is 13.1. The van der Waals surface area contributed by atoms with Gasteiger partial charge in [0, 0.05) is 19.0 Å². The van der Waals surface area contributed by atoms with Gasteiger partial charge >= 0.3 is 5.97 Å². The molecule has 1 aliphatic heterocycles. The van der Waals surface area contributed by atoms with E-state index in [0.29, 0.717) is 32.2 Å². The van der Waals surface area contributed by atoms with Crippen molar-refractivity contribution in [1.82, 2.24) is 10.6 Å². The Morgan fingerprint density at radius 3 is 2.56 bits per heavy atom. The molecule has 1 aliphatic carbocycles. The minimum atomic E-state index is -0.885. The zero-order valence-electron chi connectivity index (χ0n) is 10.1. The Morgan fingerprint density at radius 2 is 1.94 bits per heavy atom. The van der Waals surface area contributed by atoms with Gasteiger partial charge in [0.25, 0.3) is 0 Å². The minimum absolute atomic E-state index is 0.00442. The first kappa shape index (κ1) is 12.9. The third-order valence-corrected chi connectivity index (χ3v) is 3.78. The predicted octanol–water partition coefficient (Wildman–Crippen LogP) is -0.118. The van der Waals surface area contributed by atoms with Crippen molar-refractivity contribution in [3.8, 4) is 0 Å². The summed E-state index contributed by atoms with van der Waals surface area (Å²) >= 11 is 0. The number of carbonyl (C=O) groups is 3. The average Bonchev–Trinajstić information content (AvgIpc) is 2.81. The number of aliphatic carboxylic acids is 1. The van der Waals surface area contributed by atoms with Crippen LogP contribution in [0.5, 0.6) is 0 Å². The van der Waals surface area contributed by atoms with Crippen molar-refractivity contribution in [3.63, 3.8) is 0 Å². The maximum atomic E-state index is 12.0. The molecule has 2 rings (SSSR count). The Hall–Kier alpha value is -1.59. The van der Waals surface area contributed by atoms with Crippen molar-refractivity contribution >= 4 is 17.8 Å². The van der Waals surface area contributed by atoms with Gasteiger partial charge in [-0.15, -0.1) is 0 Å². The molecule has 1 unspecified atom stereocenters. The Labute approximate surface area is 105 Å². The van der Waals surface area contributed by atoms with E-state index in [-0.39, 0.29) is 17.9 Å². The number of rotatable bonds is 3. The first-order valence-corrected chi connectivity index (χ1v) is 6.38. The van der Waals surface area contributed by atoms with E-state index in [4.69, 9.17) is 5.11 Å². The van der Waals surface area contributed by atoms with Crippen molar-refractivity contribution in [3.05, 3.63) is 0 Å². The number of amides is 2. The smallest absolute Gasteiger partial charge is 0.307 e. The monoisotopic (exact) mass is 254 g/mol.